The lowest BCUT2D eigenvalue weighted by molar-refractivity contribution is 0.310. The van der Waals surface area contributed by atoms with Crippen molar-refractivity contribution in [1.29, 1.82) is 5.26 Å². The monoisotopic (exact) mass is 357 g/mol. The summed E-state index contributed by atoms with van der Waals surface area (Å²) >= 11 is 0. The van der Waals surface area contributed by atoms with E-state index in [-0.39, 0.29) is 9.80 Å². The first-order valence-corrected chi connectivity index (χ1v) is 9.15. The molecule has 0 aliphatic rings. The topological polar surface area (TPSA) is 76.4 Å². The number of hydrogen-bond acceptors (Lipinski definition) is 5. The third-order valence-corrected chi connectivity index (χ3v) is 5.21. The van der Waals surface area contributed by atoms with E-state index in [2.05, 4.69) is 0 Å². The molecule has 0 bridgehead atoms. The van der Waals surface area contributed by atoms with E-state index < -0.39 is 9.84 Å². The molecule has 2 aromatic carbocycles. The largest absolute Gasteiger partial charge is 0.492 e. The van der Waals surface area contributed by atoms with Crippen LogP contribution in [0.1, 0.15) is 18.1 Å². The fourth-order valence-electron chi connectivity index (χ4n) is 2.29. The number of aryl methyl sites for hydroxylation is 1. The van der Waals surface area contributed by atoms with Gasteiger partial charge in [-0.3, -0.25) is 0 Å². The highest BCUT2D eigenvalue weighted by Gasteiger charge is 2.21. The molecule has 6 heteroatoms. The van der Waals surface area contributed by atoms with Crippen molar-refractivity contribution >= 4 is 15.9 Å². The van der Waals surface area contributed by atoms with Crippen molar-refractivity contribution in [2.24, 2.45) is 0 Å². The van der Waals surface area contributed by atoms with E-state index in [1.807, 2.05) is 13.8 Å². The molecule has 0 spiro atoms. The summed E-state index contributed by atoms with van der Waals surface area (Å²) in [7, 11) is -2.44. The molecule has 0 aromatic heterocycles. The SMILES string of the molecule is CCOc1cccc(/C=C(\C#N)S(=O)(=O)c2ccc(C)cc2)c1OC. The van der Waals surface area contributed by atoms with Crippen LogP contribution in [0.5, 0.6) is 11.5 Å². The first kappa shape index (κ1) is 18.6. The van der Waals surface area contributed by atoms with Crippen molar-refractivity contribution in [2.75, 3.05) is 13.7 Å². The fraction of sp³-hybridized carbons (Fsp3) is 0.211. The van der Waals surface area contributed by atoms with Gasteiger partial charge in [0, 0.05) is 5.56 Å². The lowest BCUT2D eigenvalue weighted by Crippen LogP contribution is -2.04. The quantitative estimate of drug-likeness (QED) is 0.736. The van der Waals surface area contributed by atoms with E-state index in [1.165, 1.54) is 25.3 Å². The van der Waals surface area contributed by atoms with E-state index in [4.69, 9.17) is 9.47 Å². The lowest BCUT2D eigenvalue weighted by atomic mass is 10.1. The van der Waals surface area contributed by atoms with Gasteiger partial charge in [-0.25, -0.2) is 8.42 Å². The number of ether oxygens (including phenoxy) is 2. The summed E-state index contributed by atoms with van der Waals surface area (Å²) in [5.74, 6) is 0.875. The van der Waals surface area contributed by atoms with Gasteiger partial charge in [0.15, 0.2) is 11.5 Å². The Balaban J connectivity index is 2.56. The van der Waals surface area contributed by atoms with Crippen molar-refractivity contribution in [3.05, 3.63) is 58.5 Å². The molecule has 0 N–H and O–H groups in total. The summed E-state index contributed by atoms with van der Waals surface area (Å²) < 4.78 is 36.3. The third-order valence-electron chi connectivity index (χ3n) is 3.53. The van der Waals surface area contributed by atoms with Crippen LogP contribution in [0.25, 0.3) is 6.08 Å². The average Bonchev–Trinajstić information content (AvgIpc) is 2.60. The molecule has 5 nitrogen and oxygen atoms in total. The maximum atomic E-state index is 12.7. The van der Waals surface area contributed by atoms with Crippen LogP contribution in [0.4, 0.5) is 0 Å². The second-order valence-electron chi connectivity index (χ2n) is 5.25. The number of nitrogens with zero attached hydrogens (tertiary/aromatic N) is 1. The van der Waals surface area contributed by atoms with Crippen LogP contribution in [0.3, 0.4) is 0 Å². The molecule has 0 radical (unpaired) electrons. The molecule has 0 saturated carbocycles. The zero-order valence-electron chi connectivity index (χ0n) is 14.3. The molecule has 0 saturated heterocycles. The Morgan fingerprint density at radius 1 is 1.20 bits per heavy atom. The summed E-state index contributed by atoms with van der Waals surface area (Å²) in [6.45, 7) is 4.14. The summed E-state index contributed by atoms with van der Waals surface area (Å²) in [6.07, 6.45) is 1.30. The van der Waals surface area contributed by atoms with Gasteiger partial charge in [-0.1, -0.05) is 29.8 Å². The number of allylic oxidation sites excluding steroid dienone is 1. The fourth-order valence-corrected chi connectivity index (χ4v) is 3.44. The highest BCUT2D eigenvalue weighted by atomic mass is 32.2. The van der Waals surface area contributed by atoms with Gasteiger partial charge in [0.1, 0.15) is 11.0 Å². The van der Waals surface area contributed by atoms with Gasteiger partial charge in [0.2, 0.25) is 9.84 Å². The van der Waals surface area contributed by atoms with E-state index in [1.54, 1.807) is 36.4 Å². The summed E-state index contributed by atoms with van der Waals surface area (Å²) in [4.78, 5) is -0.283. The lowest BCUT2D eigenvalue weighted by Gasteiger charge is -2.12. The van der Waals surface area contributed by atoms with Crippen LogP contribution in [-0.4, -0.2) is 22.1 Å². The Morgan fingerprint density at radius 3 is 2.44 bits per heavy atom. The van der Waals surface area contributed by atoms with E-state index in [0.717, 1.165) is 5.56 Å². The molecule has 0 atom stereocenters. The van der Waals surface area contributed by atoms with Crippen molar-refractivity contribution in [3.8, 4) is 17.6 Å². The molecule has 130 valence electrons. The van der Waals surface area contributed by atoms with Crippen LogP contribution < -0.4 is 9.47 Å². The minimum atomic E-state index is -3.91. The van der Waals surface area contributed by atoms with E-state index in [9.17, 15) is 13.7 Å². The van der Waals surface area contributed by atoms with Crippen molar-refractivity contribution in [3.63, 3.8) is 0 Å². The Morgan fingerprint density at radius 2 is 1.88 bits per heavy atom. The predicted octanol–water partition coefficient (Wildman–Crippen LogP) is 3.74. The second kappa shape index (κ2) is 7.86. The van der Waals surface area contributed by atoms with Crippen molar-refractivity contribution < 1.29 is 17.9 Å². The van der Waals surface area contributed by atoms with Crippen LogP contribution in [0.2, 0.25) is 0 Å². The molecular formula is C19H19NO4S. The Labute approximate surface area is 148 Å². The molecule has 2 aromatic rings. The molecule has 25 heavy (non-hydrogen) atoms. The first-order chi connectivity index (χ1) is 11.9. The summed E-state index contributed by atoms with van der Waals surface area (Å²) in [5.41, 5.74) is 1.40. The maximum absolute atomic E-state index is 12.7. The Bertz CT molecular complexity index is 923. The minimum absolute atomic E-state index is 0.0748. The number of rotatable bonds is 6. The molecule has 0 amide bonds. The highest BCUT2D eigenvalue weighted by molar-refractivity contribution is 7.95. The summed E-state index contributed by atoms with van der Waals surface area (Å²) in [6, 6.07) is 13.3. The summed E-state index contributed by atoms with van der Waals surface area (Å²) in [5, 5.41) is 9.41. The van der Waals surface area contributed by atoms with Gasteiger partial charge in [0.25, 0.3) is 0 Å². The van der Waals surface area contributed by atoms with E-state index >= 15 is 0 Å². The van der Waals surface area contributed by atoms with Crippen LogP contribution in [-0.2, 0) is 9.84 Å². The predicted molar refractivity (Wildman–Crippen MR) is 96.1 cm³/mol. The number of benzene rings is 2. The number of nitriles is 1. The number of para-hydroxylation sites is 1. The molecule has 0 heterocycles. The van der Waals surface area contributed by atoms with Crippen molar-refractivity contribution in [1.82, 2.24) is 0 Å². The van der Waals surface area contributed by atoms with Gasteiger partial charge in [-0.2, -0.15) is 5.26 Å². The Kier molecular flexibility index (Phi) is 5.84. The standard InChI is InChI=1S/C19H19NO4S/c1-4-24-18-7-5-6-15(19(18)23-3)12-17(13-20)25(21,22)16-10-8-14(2)9-11-16/h5-12H,4H2,1-3H3/b17-12+. The molecule has 2 rings (SSSR count). The second-order valence-corrected chi connectivity index (χ2v) is 7.17. The maximum Gasteiger partial charge on any atom is 0.216 e. The Hall–Kier alpha value is -2.78. The highest BCUT2D eigenvalue weighted by Crippen LogP contribution is 2.33. The molecule has 0 fully saturated rings. The van der Waals surface area contributed by atoms with Crippen LogP contribution in [0.15, 0.2) is 52.3 Å². The number of methoxy groups -OCH3 is 1. The van der Waals surface area contributed by atoms with Gasteiger partial charge in [-0.05, 0) is 38.1 Å². The smallest absolute Gasteiger partial charge is 0.216 e. The normalized spacial score (nSPS) is 11.7. The van der Waals surface area contributed by atoms with Gasteiger partial charge >= 0.3 is 0 Å². The first-order valence-electron chi connectivity index (χ1n) is 7.67. The van der Waals surface area contributed by atoms with Gasteiger partial charge < -0.3 is 9.47 Å². The minimum Gasteiger partial charge on any atom is -0.492 e. The zero-order valence-corrected chi connectivity index (χ0v) is 15.1. The average molecular weight is 357 g/mol. The molecule has 0 unspecified atom stereocenters. The van der Waals surface area contributed by atoms with Crippen LogP contribution >= 0.6 is 0 Å². The number of hydrogen-bond donors (Lipinski definition) is 0. The van der Waals surface area contributed by atoms with Gasteiger partial charge in [0.05, 0.1) is 18.6 Å². The third kappa shape index (κ3) is 4.01. The number of sulfone groups is 1. The van der Waals surface area contributed by atoms with Gasteiger partial charge in [-0.15, -0.1) is 0 Å². The molecule has 0 aliphatic carbocycles. The zero-order chi connectivity index (χ0) is 18.4. The van der Waals surface area contributed by atoms with Crippen LogP contribution in [0, 0.1) is 18.3 Å². The molecule has 0 aliphatic heterocycles. The van der Waals surface area contributed by atoms with Crippen molar-refractivity contribution in [2.45, 2.75) is 18.7 Å². The molecular weight excluding hydrogens is 338 g/mol. The van der Waals surface area contributed by atoms with E-state index in [0.29, 0.717) is 23.7 Å².